The van der Waals surface area contributed by atoms with E-state index in [1.807, 2.05) is 0 Å². The van der Waals surface area contributed by atoms with Crippen molar-refractivity contribution in [3.63, 3.8) is 0 Å². The van der Waals surface area contributed by atoms with E-state index in [1.54, 1.807) is 12.1 Å². The summed E-state index contributed by atoms with van der Waals surface area (Å²) in [7, 11) is 2.09. The number of aromatic nitrogens is 2. The number of nitrogens with zero attached hydrogens (tertiary/aromatic N) is 5. The van der Waals surface area contributed by atoms with E-state index in [1.165, 1.54) is 6.20 Å². The molecule has 2 aliphatic heterocycles. The number of amides is 2. The van der Waals surface area contributed by atoms with Crippen molar-refractivity contribution in [1.82, 2.24) is 19.4 Å². The molecule has 1 fully saturated rings. The summed E-state index contributed by atoms with van der Waals surface area (Å²) in [5.41, 5.74) is 7.39. The number of primary amides is 1. The number of nitrogens with two attached hydrogens (primary N) is 1. The summed E-state index contributed by atoms with van der Waals surface area (Å²) in [5.74, 6) is 1.33. The largest absolute Gasteiger partial charge is 0.492 e. The van der Waals surface area contributed by atoms with Gasteiger partial charge in [-0.05, 0) is 51.4 Å². The molecule has 2 aliphatic rings. The predicted octanol–water partition coefficient (Wildman–Crippen LogP) is 2.04. The summed E-state index contributed by atoms with van der Waals surface area (Å²) in [6.45, 7) is 2.43. The first-order chi connectivity index (χ1) is 16.4. The molecule has 10 heteroatoms. The highest BCUT2D eigenvalue weighted by molar-refractivity contribution is 5.93. The molecule has 2 aromatic heterocycles. The number of urea groups is 1. The van der Waals surface area contributed by atoms with Crippen LogP contribution in [0.15, 0.2) is 18.3 Å². The molecule has 0 radical (unpaired) electrons. The molecule has 3 N–H and O–H groups in total. The van der Waals surface area contributed by atoms with Crippen molar-refractivity contribution in [1.29, 1.82) is 5.26 Å². The SMILES string of the molecule is CN1CCC(COc2cc([N+]3(C(N)=O)CCCc4cc(CO)c(C=O)nc43)ncc2C#N)CC1. The van der Waals surface area contributed by atoms with Crippen molar-refractivity contribution in [2.75, 3.05) is 33.3 Å². The van der Waals surface area contributed by atoms with Gasteiger partial charge < -0.3 is 20.5 Å². The third-order valence-corrected chi connectivity index (χ3v) is 6.83. The van der Waals surface area contributed by atoms with Gasteiger partial charge in [0.2, 0.25) is 11.6 Å². The minimum atomic E-state index is -0.694. The second-order valence-electron chi connectivity index (χ2n) is 8.97. The molecule has 1 saturated heterocycles. The van der Waals surface area contributed by atoms with Crippen molar-refractivity contribution in [2.45, 2.75) is 32.3 Å². The summed E-state index contributed by atoms with van der Waals surface area (Å²) in [6.07, 6.45) is 5.21. The van der Waals surface area contributed by atoms with Gasteiger partial charge >= 0.3 is 6.03 Å². The van der Waals surface area contributed by atoms with E-state index >= 15 is 0 Å². The van der Waals surface area contributed by atoms with Crippen LogP contribution in [0.1, 0.15) is 46.4 Å². The quantitative estimate of drug-likeness (QED) is 0.487. The topological polar surface area (TPSA) is 142 Å². The zero-order valence-corrected chi connectivity index (χ0v) is 19.2. The van der Waals surface area contributed by atoms with Crippen LogP contribution >= 0.6 is 0 Å². The van der Waals surface area contributed by atoms with Crippen LogP contribution < -0.4 is 15.0 Å². The highest BCUT2D eigenvalue weighted by Crippen LogP contribution is 2.41. The minimum Gasteiger partial charge on any atom is -0.492 e. The number of aryl methyl sites for hydroxylation is 1. The molecule has 0 bridgehead atoms. The summed E-state index contributed by atoms with van der Waals surface area (Å²) in [5, 5.41) is 19.2. The fourth-order valence-electron chi connectivity index (χ4n) is 4.79. The first-order valence-corrected chi connectivity index (χ1v) is 11.4. The summed E-state index contributed by atoms with van der Waals surface area (Å²) < 4.78 is 5.59. The average molecular weight is 466 g/mol. The lowest BCUT2D eigenvalue weighted by Crippen LogP contribution is -2.56. The van der Waals surface area contributed by atoms with E-state index in [-0.39, 0.29) is 23.7 Å². The predicted molar refractivity (Wildman–Crippen MR) is 124 cm³/mol. The Morgan fingerprint density at radius 2 is 2.18 bits per heavy atom. The lowest BCUT2D eigenvalue weighted by molar-refractivity contribution is 0.111. The Morgan fingerprint density at radius 1 is 1.41 bits per heavy atom. The number of aliphatic hydroxyl groups excluding tert-OH is 1. The number of fused-ring (bicyclic) bond motifs is 1. The number of quaternary nitrogens is 1. The van der Waals surface area contributed by atoms with Gasteiger partial charge in [0.15, 0.2) is 6.29 Å². The Balaban J connectivity index is 1.75. The Bertz CT molecular complexity index is 1140. The maximum Gasteiger partial charge on any atom is 0.426 e. The monoisotopic (exact) mass is 465 g/mol. The van der Waals surface area contributed by atoms with Gasteiger partial charge in [0.25, 0.3) is 0 Å². The molecule has 0 aromatic carbocycles. The van der Waals surface area contributed by atoms with Crippen molar-refractivity contribution >= 4 is 24.0 Å². The van der Waals surface area contributed by atoms with Crippen molar-refractivity contribution in [3.8, 4) is 11.8 Å². The number of piperidine rings is 1. The molecule has 2 amide bonds. The first-order valence-electron chi connectivity index (χ1n) is 11.4. The molecule has 4 heterocycles. The van der Waals surface area contributed by atoms with Crippen molar-refractivity contribution in [3.05, 3.63) is 40.7 Å². The van der Waals surface area contributed by atoms with Gasteiger partial charge in [0.1, 0.15) is 29.6 Å². The minimum absolute atomic E-state index is 0.0549. The zero-order valence-electron chi connectivity index (χ0n) is 19.2. The molecule has 178 valence electrons. The number of aldehydes is 1. The van der Waals surface area contributed by atoms with Crippen LogP contribution in [0.5, 0.6) is 5.75 Å². The van der Waals surface area contributed by atoms with E-state index < -0.39 is 10.5 Å². The maximum atomic E-state index is 13.0. The molecule has 10 nitrogen and oxygen atoms in total. The average Bonchev–Trinajstić information content (AvgIpc) is 2.86. The summed E-state index contributed by atoms with van der Waals surface area (Å²) in [6, 6.07) is 4.70. The lowest BCUT2D eigenvalue weighted by Gasteiger charge is -2.35. The standard InChI is InChI=1S/C24H28N6O4/c1-29-6-4-16(5-7-29)15-34-21-10-22(27-12-19(21)11-25)30(24(26)33)8-2-3-17-9-18(13-31)20(14-32)28-23(17)30/h9-10,12,14,16,31H,2-8,13,15H2,1H3,(H-,26,33)/p+1. The molecule has 0 aliphatic carbocycles. The fraction of sp³-hybridized carbons (Fsp3) is 0.458. The second kappa shape index (κ2) is 9.85. The second-order valence-corrected chi connectivity index (χ2v) is 8.97. The molecular formula is C24H29N6O4+. The molecule has 0 saturated carbocycles. The number of pyridine rings is 2. The Kier molecular flexibility index (Phi) is 6.88. The normalized spacial score (nSPS) is 20.9. The van der Waals surface area contributed by atoms with Crippen LogP contribution in [0.4, 0.5) is 16.4 Å². The first kappa shape index (κ1) is 23.8. The molecule has 0 spiro atoms. The van der Waals surface area contributed by atoms with Gasteiger partial charge in [-0.25, -0.2) is 9.78 Å². The number of hydrogen-bond acceptors (Lipinski definition) is 8. The van der Waals surface area contributed by atoms with E-state index in [2.05, 4.69) is 28.0 Å². The summed E-state index contributed by atoms with van der Waals surface area (Å²) in [4.78, 5) is 35.7. The van der Waals surface area contributed by atoms with Gasteiger partial charge in [0, 0.05) is 17.5 Å². The molecular weight excluding hydrogens is 436 g/mol. The van der Waals surface area contributed by atoms with Crippen LogP contribution in [-0.4, -0.2) is 65.6 Å². The number of carbonyl (C=O) groups is 2. The highest BCUT2D eigenvalue weighted by atomic mass is 16.5. The van der Waals surface area contributed by atoms with Gasteiger partial charge in [-0.15, -0.1) is 4.48 Å². The van der Waals surface area contributed by atoms with Gasteiger partial charge in [-0.1, -0.05) is 0 Å². The molecule has 4 rings (SSSR count). The number of aliphatic hydroxyl groups is 1. The van der Waals surface area contributed by atoms with Gasteiger partial charge in [0.05, 0.1) is 25.5 Å². The highest BCUT2D eigenvalue weighted by Gasteiger charge is 2.48. The third-order valence-electron chi connectivity index (χ3n) is 6.83. The van der Waals surface area contributed by atoms with Crippen LogP contribution in [0.25, 0.3) is 0 Å². The Morgan fingerprint density at radius 3 is 2.82 bits per heavy atom. The molecule has 2 aromatic rings. The van der Waals surface area contributed by atoms with Crippen LogP contribution in [0.2, 0.25) is 0 Å². The van der Waals surface area contributed by atoms with Crippen molar-refractivity contribution in [2.24, 2.45) is 11.7 Å². The van der Waals surface area contributed by atoms with E-state index in [9.17, 15) is 20.0 Å². The number of carbonyl (C=O) groups excluding carboxylic acids is 2. The molecule has 34 heavy (non-hydrogen) atoms. The number of nitriles is 1. The van der Waals surface area contributed by atoms with E-state index in [0.717, 1.165) is 31.5 Å². The van der Waals surface area contributed by atoms with Crippen LogP contribution in [0.3, 0.4) is 0 Å². The number of hydrogen-bond donors (Lipinski definition) is 2. The number of likely N-dealkylation sites (tertiary alicyclic amines) is 1. The van der Waals surface area contributed by atoms with Crippen LogP contribution in [-0.2, 0) is 13.0 Å². The molecule has 1 atom stereocenters. The third kappa shape index (κ3) is 4.25. The molecule has 1 unspecified atom stereocenters. The lowest BCUT2D eigenvalue weighted by atomic mass is 9.98. The zero-order chi connectivity index (χ0) is 24.3. The van der Waals surface area contributed by atoms with E-state index in [0.29, 0.717) is 55.3 Å². The van der Waals surface area contributed by atoms with Crippen LogP contribution in [0, 0.1) is 17.2 Å². The number of ether oxygens (including phenoxy) is 1. The maximum absolute atomic E-state index is 13.0. The van der Waals surface area contributed by atoms with Crippen molar-refractivity contribution < 1.29 is 19.4 Å². The number of rotatable bonds is 6. The van der Waals surface area contributed by atoms with Gasteiger partial charge in [-0.2, -0.15) is 10.2 Å². The summed E-state index contributed by atoms with van der Waals surface area (Å²) >= 11 is 0. The smallest absolute Gasteiger partial charge is 0.426 e. The van der Waals surface area contributed by atoms with Gasteiger partial charge in [-0.3, -0.25) is 4.79 Å². The van der Waals surface area contributed by atoms with E-state index in [4.69, 9.17) is 10.5 Å². The Labute approximate surface area is 198 Å². The fourth-order valence-corrected chi connectivity index (χ4v) is 4.79. The Hall–Kier alpha value is -3.39.